The van der Waals surface area contributed by atoms with E-state index in [1.54, 1.807) is 6.07 Å². The number of halogens is 4. The third-order valence-electron chi connectivity index (χ3n) is 3.32. The van der Waals surface area contributed by atoms with Gasteiger partial charge in [-0.15, -0.1) is 22.9 Å². The van der Waals surface area contributed by atoms with Crippen molar-refractivity contribution in [2.24, 2.45) is 0 Å². The van der Waals surface area contributed by atoms with Crippen molar-refractivity contribution >= 4 is 33.0 Å². The Kier molecular flexibility index (Phi) is 3.68. The Morgan fingerprint density at radius 1 is 0.905 bits per heavy atom. The van der Waals surface area contributed by atoms with Crippen molar-refractivity contribution in [3.05, 3.63) is 70.6 Å². The maximum absolute atomic E-state index is 13.1. The van der Waals surface area contributed by atoms with Crippen LogP contribution in [0.25, 0.3) is 10.1 Å². The van der Waals surface area contributed by atoms with Gasteiger partial charge in [-0.1, -0.05) is 36.4 Å². The van der Waals surface area contributed by atoms with Crippen molar-refractivity contribution in [3.8, 4) is 0 Å². The van der Waals surface area contributed by atoms with Gasteiger partial charge in [-0.2, -0.15) is 13.2 Å². The maximum Gasteiger partial charge on any atom is 0.416 e. The van der Waals surface area contributed by atoms with Crippen LogP contribution < -0.4 is 0 Å². The summed E-state index contributed by atoms with van der Waals surface area (Å²) in [6.07, 6.45) is -4.41. The predicted molar refractivity (Wildman–Crippen MR) is 81.0 cm³/mol. The Hall–Kier alpha value is -1.52. The summed E-state index contributed by atoms with van der Waals surface area (Å²) < 4.78 is 40.3. The van der Waals surface area contributed by atoms with E-state index in [0.717, 1.165) is 16.2 Å². The zero-order valence-electron chi connectivity index (χ0n) is 10.7. The van der Waals surface area contributed by atoms with Gasteiger partial charge in [-0.25, -0.2) is 0 Å². The fourth-order valence-corrected chi connectivity index (χ4v) is 3.77. The summed E-state index contributed by atoms with van der Waals surface area (Å²) in [5.74, 6) is 0. The molecule has 0 saturated carbocycles. The van der Waals surface area contributed by atoms with E-state index in [1.165, 1.54) is 23.5 Å². The Morgan fingerprint density at radius 3 is 2.33 bits per heavy atom. The molecule has 0 aliphatic rings. The van der Waals surface area contributed by atoms with E-state index in [0.29, 0.717) is 5.56 Å². The molecule has 1 unspecified atom stereocenters. The van der Waals surface area contributed by atoms with Gasteiger partial charge in [0.05, 0.1) is 10.9 Å². The van der Waals surface area contributed by atoms with Crippen LogP contribution in [0, 0.1) is 0 Å². The van der Waals surface area contributed by atoms with Crippen LogP contribution in [0.1, 0.15) is 22.1 Å². The van der Waals surface area contributed by atoms with Crippen molar-refractivity contribution in [3.63, 3.8) is 0 Å². The molecule has 21 heavy (non-hydrogen) atoms. The minimum atomic E-state index is -4.41. The fraction of sp³-hybridized carbons (Fsp3) is 0.125. The molecule has 1 aromatic heterocycles. The molecule has 1 atom stereocenters. The zero-order chi connectivity index (χ0) is 15.0. The van der Waals surface area contributed by atoms with E-state index in [-0.39, 0.29) is 5.56 Å². The minimum Gasteiger partial charge on any atom is -0.166 e. The molecule has 2 aromatic carbocycles. The first kappa shape index (κ1) is 14.4. The van der Waals surface area contributed by atoms with E-state index >= 15 is 0 Å². The van der Waals surface area contributed by atoms with E-state index in [1.807, 2.05) is 29.6 Å². The van der Waals surface area contributed by atoms with Gasteiger partial charge < -0.3 is 0 Å². The van der Waals surface area contributed by atoms with Crippen LogP contribution in [-0.2, 0) is 6.18 Å². The summed E-state index contributed by atoms with van der Waals surface area (Å²) in [5, 5.41) is 1.91. The molecule has 0 bridgehead atoms. The van der Waals surface area contributed by atoms with Crippen LogP contribution >= 0.6 is 22.9 Å². The Labute approximate surface area is 128 Å². The molecule has 3 aromatic rings. The maximum atomic E-state index is 13.1. The standard InChI is InChI=1S/C16H10ClF3S/c17-15(11-6-1-3-7-13(11)16(18,19)20)12-9-21-14-8-4-2-5-10(12)14/h1-9,15H. The largest absolute Gasteiger partial charge is 0.416 e. The van der Waals surface area contributed by atoms with Gasteiger partial charge in [0.25, 0.3) is 0 Å². The van der Waals surface area contributed by atoms with Crippen LogP contribution in [-0.4, -0.2) is 0 Å². The summed E-state index contributed by atoms with van der Waals surface area (Å²) in [6, 6.07) is 13.0. The van der Waals surface area contributed by atoms with Gasteiger partial charge in [0.2, 0.25) is 0 Å². The molecule has 108 valence electrons. The van der Waals surface area contributed by atoms with Gasteiger partial charge >= 0.3 is 6.18 Å². The zero-order valence-corrected chi connectivity index (χ0v) is 12.3. The number of fused-ring (bicyclic) bond motifs is 1. The molecule has 0 saturated heterocycles. The minimum absolute atomic E-state index is 0.0928. The fourth-order valence-electron chi connectivity index (χ4n) is 2.34. The molecule has 0 radical (unpaired) electrons. The lowest BCUT2D eigenvalue weighted by Gasteiger charge is -2.16. The molecule has 0 amide bonds. The highest BCUT2D eigenvalue weighted by atomic mass is 35.5. The van der Waals surface area contributed by atoms with E-state index in [9.17, 15) is 13.2 Å². The number of rotatable bonds is 2. The molecule has 1 heterocycles. The average Bonchev–Trinajstić information content (AvgIpc) is 2.89. The topological polar surface area (TPSA) is 0 Å². The SMILES string of the molecule is FC(F)(F)c1ccccc1C(Cl)c1csc2ccccc12. The Morgan fingerprint density at radius 2 is 1.57 bits per heavy atom. The van der Waals surface area contributed by atoms with Gasteiger partial charge in [0, 0.05) is 4.70 Å². The third kappa shape index (κ3) is 2.65. The molecule has 0 N–H and O–H groups in total. The normalized spacial score (nSPS) is 13.5. The summed E-state index contributed by atoms with van der Waals surface area (Å²) in [4.78, 5) is 0. The van der Waals surface area contributed by atoms with Crippen molar-refractivity contribution < 1.29 is 13.2 Å². The number of hydrogen-bond donors (Lipinski definition) is 0. The lowest BCUT2D eigenvalue weighted by Crippen LogP contribution is -2.10. The van der Waals surface area contributed by atoms with Crippen LogP contribution in [0.15, 0.2) is 53.9 Å². The second-order valence-electron chi connectivity index (χ2n) is 4.63. The summed E-state index contributed by atoms with van der Waals surface area (Å²) >= 11 is 7.85. The molecule has 0 aliphatic carbocycles. The van der Waals surface area contributed by atoms with Crippen molar-refractivity contribution in [2.75, 3.05) is 0 Å². The van der Waals surface area contributed by atoms with Crippen molar-refractivity contribution in [1.29, 1.82) is 0 Å². The molecule has 3 rings (SSSR count). The smallest absolute Gasteiger partial charge is 0.166 e. The second kappa shape index (κ2) is 5.35. The van der Waals surface area contributed by atoms with Crippen LogP contribution in [0.5, 0.6) is 0 Å². The summed E-state index contributed by atoms with van der Waals surface area (Å²) in [7, 11) is 0. The van der Waals surface area contributed by atoms with Crippen LogP contribution in [0.3, 0.4) is 0 Å². The summed E-state index contributed by atoms with van der Waals surface area (Å²) in [6.45, 7) is 0. The van der Waals surface area contributed by atoms with Crippen LogP contribution in [0.2, 0.25) is 0 Å². The van der Waals surface area contributed by atoms with Crippen LogP contribution in [0.4, 0.5) is 13.2 Å². The first-order chi connectivity index (χ1) is 9.98. The molecular weight excluding hydrogens is 317 g/mol. The lowest BCUT2D eigenvalue weighted by atomic mass is 9.98. The molecule has 5 heteroatoms. The van der Waals surface area contributed by atoms with Gasteiger partial charge in [-0.05, 0) is 34.0 Å². The first-order valence-electron chi connectivity index (χ1n) is 6.25. The molecular formula is C16H10ClF3S. The highest BCUT2D eigenvalue weighted by molar-refractivity contribution is 7.17. The third-order valence-corrected chi connectivity index (χ3v) is 4.78. The van der Waals surface area contributed by atoms with E-state index in [4.69, 9.17) is 11.6 Å². The first-order valence-corrected chi connectivity index (χ1v) is 7.56. The van der Waals surface area contributed by atoms with Gasteiger partial charge in [0.1, 0.15) is 0 Å². The highest BCUT2D eigenvalue weighted by Crippen LogP contribution is 2.42. The summed E-state index contributed by atoms with van der Waals surface area (Å²) in [5.41, 5.74) is 0.129. The Balaban J connectivity index is 2.13. The van der Waals surface area contributed by atoms with E-state index < -0.39 is 17.1 Å². The lowest BCUT2D eigenvalue weighted by molar-refractivity contribution is -0.138. The van der Waals surface area contributed by atoms with Gasteiger partial charge in [-0.3, -0.25) is 0 Å². The molecule has 0 fully saturated rings. The quantitative estimate of drug-likeness (QED) is 0.488. The average molecular weight is 327 g/mol. The monoisotopic (exact) mass is 326 g/mol. The van der Waals surface area contributed by atoms with Crippen molar-refractivity contribution in [1.82, 2.24) is 0 Å². The number of hydrogen-bond acceptors (Lipinski definition) is 1. The molecule has 0 spiro atoms. The molecule has 0 aliphatic heterocycles. The van der Waals surface area contributed by atoms with E-state index in [2.05, 4.69) is 0 Å². The molecule has 0 nitrogen and oxygen atoms in total. The number of alkyl halides is 4. The second-order valence-corrected chi connectivity index (χ2v) is 5.98. The van der Waals surface area contributed by atoms with Gasteiger partial charge in [0.15, 0.2) is 0 Å². The predicted octanol–water partition coefficient (Wildman–Crippen LogP) is 6.25. The highest BCUT2D eigenvalue weighted by Gasteiger charge is 2.35. The number of benzene rings is 2. The van der Waals surface area contributed by atoms with Crippen molar-refractivity contribution in [2.45, 2.75) is 11.6 Å². The number of thiophene rings is 1. The Bertz CT molecular complexity index is 776.